The molecule has 1 aromatic carbocycles. The van der Waals surface area contributed by atoms with Crippen LogP contribution in [0.25, 0.3) is 0 Å². The highest BCUT2D eigenvalue weighted by Crippen LogP contribution is 2.25. The van der Waals surface area contributed by atoms with Gasteiger partial charge in [-0.15, -0.1) is 11.3 Å². The molecule has 0 amide bonds. The number of Topliss-reactive ketones (excluding diaryl/α,β-unsaturated/α-hetero) is 1. The fraction of sp³-hybridized carbons (Fsp3) is 0.267. The Morgan fingerprint density at radius 3 is 2.28 bits per heavy atom. The molecule has 0 aliphatic heterocycles. The van der Waals surface area contributed by atoms with Crippen molar-refractivity contribution in [1.29, 1.82) is 0 Å². The standard InChI is InChI=1S/C15H15BrOS/c1-9-6-10(2)12(11(3)7-9)8-13(17)14-4-5-15(16)18-14/h4-7H,8H2,1-3H3. The molecule has 1 heterocycles. The summed E-state index contributed by atoms with van der Waals surface area (Å²) < 4.78 is 1.00. The first-order chi connectivity index (χ1) is 8.47. The lowest BCUT2D eigenvalue weighted by molar-refractivity contribution is 0.0996. The highest BCUT2D eigenvalue weighted by atomic mass is 79.9. The Labute approximate surface area is 120 Å². The molecule has 1 aromatic heterocycles. The summed E-state index contributed by atoms with van der Waals surface area (Å²) in [4.78, 5) is 13.0. The minimum atomic E-state index is 0.195. The van der Waals surface area contributed by atoms with Crippen molar-refractivity contribution in [3.63, 3.8) is 0 Å². The molecule has 0 saturated heterocycles. The highest BCUT2D eigenvalue weighted by molar-refractivity contribution is 9.11. The number of thiophene rings is 1. The maximum atomic E-state index is 12.2. The van der Waals surface area contributed by atoms with Crippen LogP contribution in [0.1, 0.15) is 31.9 Å². The summed E-state index contributed by atoms with van der Waals surface area (Å²) in [6.07, 6.45) is 0.491. The zero-order chi connectivity index (χ0) is 13.3. The highest BCUT2D eigenvalue weighted by Gasteiger charge is 2.13. The predicted molar refractivity (Wildman–Crippen MR) is 80.7 cm³/mol. The topological polar surface area (TPSA) is 17.1 Å². The molecule has 0 unspecified atom stereocenters. The van der Waals surface area contributed by atoms with Crippen LogP contribution >= 0.6 is 27.3 Å². The average molecular weight is 323 g/mol. The first kappa shape index (κ1) is 13.5. The zero-order valence-corrected chi connectivity index (χ0v) is 13.1. The first-order valence-electron chi connectivity index (χ1n) is 5.82. The minimum absolute atomic E-state index is 0.195. The number of carbonyl (C=O) groups is 1. The van der Waals surface area contributed by atoms with Gasteiger partial charge in [-0.3, -0.25) is 4.79 Å². The van der Waals surface area contributed by atoms with E-state index in [1.807, 2.05) is 12.1 Å². The number of ketones is 1. The van der Waals surface area contributed by atoms with Crippen LogP contribution in [0.15, 0.2) is 28.1 Å². The maximum absolute atomic E-state index is 12.2. The van der Waals surface area contributed by atoms with Gasteiger partial charge in [0.05, 0.1) is 8.66 Å². The Kier molecular flexibility index (Phi) is 4.03. The van der Waals surface area contributed by atoms with Crippen LogP contribution in [0.2, 0.25) is 0 Å². The van der Waals surface area contributed by atoms with Crippen molar-refractivity contribution < 1.29 is 4.79 Å². The first-order valence-corrected chi connectivity index (χ1v) is 7.43. The molecule has 0 aliphatic rings. The Morgan fingerprint density at radius 1 is 1.17 bits per heavy atom. The summed E-state index contributed by atoms with van der Waals surface area (Å²) in [7, 11) is 0. The molecule has 0 atom stereocenters. The van der Waals surface area contributed by atoms with Gasteiger partial charge < -0.3 is 0 Å². The smallest absolute Gasteiger partial charge is 0.177 e. The van der Waals surface area contributed by atoms with Gasteiger partial charge in [0.15, 0.2) is 5.78 Å². The molecule has 3 heteroatoms. The Hall–Kier alpha value is -0.930. The van der Waals surface area contributed by atoms with E-state index in [0.717, 1.165) is 14.2 Å². The summed E-state index contributed by atoms with van der Waals surface area (Å²) in [5.74, 6) is 0.195. The summed E-state index contributed by atoms with van der Waals surface area (Å²) in [6, 6.07) is 8.09. The molecule has 2 aromatic rings. The zero-order valence-electron chi connectivity index (χ0n) is 10.7. The Morgan fingerprint density at radius 2 is 1.78 bits per heavy atom. The largest absolute Gasteiger partial charge is 0.293 e. The fourth-order valence-electron chi connectivity index (χ4n) is 2.20. The van der Waals surface area contributed by atoms with E-state index in [4.69, 9.17) is 0 Å². The molecule has 18 heavy (non-hydrogen) atoms. The molecule has 94 valence electrons. The van der Waals surface area contributed by atoms with E-state index < -0.39 is 0 Å². The molecular weight excluding hydrogens is 308 g/mol. The van der Waals surface area contributed by atoms with Crippen LogP contribution in [0.4, 0.5) is 0 Å². The second-order valence-electron chi connectivity index (χ2n) is 4.58. The van der Waals surface area contributed by atoms with E-state index >= 15 is 0 Å². The number of hydrogen-bond donors (Lipinski definition) is 0. The lowest BCUT2D eigenvalue weighted by atomic mass is 9.95. The van der Waals surface area contributed by atoms with Gasteiger partial charge in [-0.05, 0) is 65.5 Å². The SMILES string of the molecule is Cc1cc(C)c(CC(=O)c2ccc(Br)s2)c(C)c1. The van der Waals surface area contributed by atoms with Crippen molar-refractivity contribution in [2.45, 2.75) is 27.2 Å². The summed E-state index contributed by atoms with van der Waals surface area (Å²) in [6.45, 7) is 6.24. The number of rotatable bonds is 3. The van der Waals surface area contributed by atoms with Crippen LogP contribution in [0.3, 0.4) is 0 Å². The lowest BCUT2D eigenvalue weighted by Crippen LogP contribution is -2.05. The molecule has 0 N–H and O–H groups in total. The van der Waals surface area contributed by atoms with Gasteiger partial charge in [0.25, 0.3) is 0 Å². The van der Waals surface area contributed by atoms with Crippen LogP contribution in [-0.4, -0.2) is 5.78 Å². The van der Waals surface area contributed by atoms with Crippen LogP contribution < -0.4 is 0 Å². The van der Waals surface area contributed by atoms with Crippen LogP contribution in [0, 0.1) is 20.8 Å². The van der Waals surface area contributed by atoms with Crippen LogP contribution in [-0.2, 0) is 6.42 Å². The van der Waals surface area contributed by atoms with Gasteiger partial charge in [0.2, 0.25) is 0 Å². The summed E-state index contributed by atoms with van der Waals surface area (Å²) in [5, 5.41) is 0. The molecule has 1 nitrogen and oxygen atoms in total. The summed E-state index contributed by atoms with van der Waals surface area (Å²) >= 11 is 4.89. The second kappa shape index (κ2) is 5.37. The van der Waals surface area contributed by atoms with E-state index in [0.29, 0.717) is 6.42 Å². The molecule has 0 aliphatic carbocycles. The molecule has 0 radical (unpaired) electrons. The maximum Gasteiger partial charge on any atom is 0.177 e. The van der Waals surface area contributed by atoms with E-state index in [1.165, 1.54) is 28.0 Å². The van der Waals surface area contributed by atoms with Crippen molar-refractivity contribution in [3.8, 4) is 0 Å². The van der Waals surface area contributed by atoms with E-state index in [-0.39, 0.29) is 5.78 Å². The van der Waals surface area contributed by atoms with E-state index in [2.05, 4.69) is 48.8 Å². The predicted octanol–water partition coefficient (Wildman–Crippen LogP) is 4.86. The van der Waals surface area contributed by atoms with Gasteiger partial charge in [0.1, 0.15) is 0 Å². The van der Waals surface area contributed by atoms with Gasteiger partial charge in [-0.1, -0.05) is 17.7 Å². The van der Waals surface area contributed by atoms with E-state index in [9.17, 15) is 4.79 Å². The van der Waals surface area contributed by atoms with Gasteiger partial charge in [-0.2, -0.15) is 0 Å². The van der Waals surface area contributed by atoms with Crippen molar-refractivity contribution in [2.75, 3.05) is 0 Å². The normalized spacial score (nSPS) is 10.7. The average Bonchev–Trinajstić information content (AvgIpc) is 2.70. The number of benzene rings is 1. The lowest BCUT2D eigenvalue weighted by Gasteiger charge is -2.10. The molecule has 2 rings (SSSR count). The van der Waals surface area contributed by atoms with Crippen molar-refractivity contribution in [1.82, 2.24) is 0 Å². The fourth-order valence-corrected chi connectivity index (χ4v) is 3.52. The molecule has 0 saturated carbocycles. The van der Waals surface area contributed by atoms with Crippen molar-refractivity contribution >= 4 is 33.0 Å². The van der Waals surface area contributed by atoms with Gasteiger partial charge in [-0.25, -0.2) is 0 Å². The number of aryl methyl sites for hydroxylation is 3. The van der Waals surface area contributed by atoms with Crippen molar-refractivity contribution in [3.05, 3.63) is 55.2 Å². The third kappa shape index (κ3) is 2.90. The van der Waals surface area contributed by atoms with Crippen LogP contribution in [0.5, 0.6) is 0 Å². The quantitative estimate of drug-likeness (QED) is 0.737. The number of hydrogen-bond acceptors (Lipinski definition) is 2. The molecule has 0 spiro atoms. The number of halogens is 1. The monoisotopic (exact) mass is 322 g/mol. The third-order valence-electron chi connectivity index (χ3n) is 3.03. The number of carbonyl (C=O) groups excluding carboxylic acids is 1. The van der Waals surface area contributed by atoms with Crippen molar-refractivity contribution in [2.24, 2.45) is 0 Å². The Bertz CT molecular complexity index is 575. The van der Waals surface area contributed by atoms with Gasteiger partial charge in [0, 0.05) is 6.42 Å². The van der Waals surface area contributed by atoms with Gasteiger partial charge >= 0.3 is 0 Å². The summed E-state index contributed by atoms with van der Waals surface area (Å²) in [5.41, 5.74) is 4.82. The van der Waals surface area contributed by atoms with E-state index in [1.54, 1.807) is 0 Å². The molecular formula is C15H15BrOS. The Balaban J connectivity index is 2.27. The molecule has 0 fully saturated rings. The second-order valence-corrected chi connectivity index (χ2v) is 7.04. The third-order valence-corrected chi connectivity index (χ3v) is 4.69. The molecule has 0 bridgehead atoms. The minimum Gasteiger partial charge on any atom is -0.293 e.